The highest BCUT2D eigenvalue weighted by Crippen LogP contribution is 2.30. The van der Waals surface area contributed by atoms with E-state index in [2.05, 4.69) is 52.8 Å². The highest BCUT2D eigenvalue weighted by Gasteiger charge is 2.00. The molecule has 0 aliphatic carbocycles. The molecule has 0 bridgehead atoms. The predicted molar refractivity (Wildman–Crippen MR) is 66.6 cm³/mol. The third kappa shape index (κ3) is 3.91. The van der Waals surface area contributed by atoms with E-state index in [4.69, 9.17) is 0 Å². The van der Waals surface area contributed by atoms with E-state index in [0.29, 0.717) is 0 Å². The van der Waals surface area contributed by atoms with Crippen molar-refractivity contribution in [2.45, 2.75) is 4.34 Å². The topological polar surface area (TPSA) is 12.9 Å². The molecule has 0 aliphatic heterocycles. The smallest absolute Gasteiger partial charge is 0.150 e. The van der Waals surface area contributed by atoms with Crippen LogP contribution in [-0.4, -0.2) is 10.7 Å². The molecule has 0 saturated heterocycles. The second-order valence-electron chi connectivity index (χ2n) is 1.75. The van der Waals surface area contributed by atoms with Gasteiger partial charge in [-0.15, -0.1) is 11.3 Å². The standard InChI is InChI=1S/C6H4Br3NS2/c7-4(5(8)9)3-12-6-10-1-2-11-6/h1-2H,3H2. The fourth-order valence-electron chi connectivity index (χ4n) is 0.461. The molecule has 0 spiro atoms. The zero-order valence-electron chi connectivity index (χ0n) is 5.76. The fraction of sp³-hybridized carbons (Fsp3) is 0.167. The predicted octanol–water partition coefficient (Wildman–Crippen LogP) is 4.59. The molecule has 0 radical (unpaired) electrons. The number of hydrogen-bond acceptors (Lipinski definition) is 3. The molecule has 0 unspecified atom stereocenters. The molecular formula is C6H4Br3NS2. The molecule has 6 heteroatoms. The Morgan fingerprint density at radius 2 is 2.25 bits per heavy atom. The molecule has 0 aliphatic rings. The third-order valence-electron chi connectivity index (χ3n) is 0.937. The molecule has 1 rings (SSSR count). The van der Waals surface area contributed by atoms with E-state index in [1.54, 1.807) is 23.1 Å². The minimum absolute atomic E-state index is 0.888. The summed E-state index contributed by atoms with van der Waals surface area (Å²) in [5.41, 5.74) is 0. The number of aromatic nitrogens is 1. The van der Waals surface area contributed by atoms with Gasteiger partial charge in [-0.25, -0.2) is 4.98 Å². The van der Waals surface area contributed by atoms with Gasteiger partial charge in [0.05, 0.1) is 3.39 Å². The van der Waals surface area contributed by atoms with Gasteiger partial charge in [-0.3, -0.25) is 0 Å². The molecule has 1 aromatic heterocycles. The van der Waals surface area contributed by atoms with Crippen LogP contribution in [0.1, 0.15) is 0 Å². The summed E-state index contributed by atoms with van der Waals surface area (Å²) in [5.74, 6) is 0.888. The zero-order chi connectivity index (χ0) is 8.97. The molecule has 0 amide bonds. The van der Waals surface area contributed by atoms with Gasteiger partial charge in [0, 0.05) is 21.8 Å². The lowest BCUT2D eigenvalue weighted by Gasteiger charge is -1.96. The van der Waals surface area contributed by atoms with Crippen LogP contribution in [-0.2, 0) is 0 Å². The first-order valence-electron chi connectivity index (χ1n) is 2.92. The largest absolute Gasteiger partial charge is 0.238 e. The Kier molecular flexibility index (Phi) is 5.43. The Balaban J connectivity index is 2.42. The Labute approximate surface area is 104 Å². The summed E-state index contributed by atoms with van der Waals surface area (Å²) in [5, 5.41) is 1.98. The number of thiazole rings is 1. The first kappa shape index (κ1) is 11.2. The zero-order valence-corrected chi connectivity index (χ0v) is 12.2. The summed E-state index contributed by atoms with van der Waals surface area (Å²) in [6.45, 7) is 0. The van der Waals surface area contributed by atoms with E-state index in [-0.39, 0.29) is 0 Å². The lowest BCUT2D eigenvalue weighted by molar-refractivity contribution is 1.25. The van der Waals surface area contributed by atoms with Crippen molar-refractivity contribution in [3.05, 3.63) is 19.5 Å². The van der Waals surface area contributed by atoms with Crippen molar-refractivity contribution in [1.29, 1.82) is 0 Å². The Bertz CT molecular complexity index is 266. The summed E-state index contributed by atoms with van der Waals surface area (Å²) in [4.78, 5) is 4.15. The van der Waals surface area contributed by atoms with Crippen molar-refractivity contribution >= 4 is 70.9 Å². The van der Waals surface area contributed by atoms with Crippen molar-refractivity contribution < 1.29 is 0 Å². The van der Waals surface area contributed by atoms with Crippen molar-refractivity contribution in [2.75, 3.05) is 5.75 Å². The molecule has 0 aromatic carbocycles. The number of rotatable bonds is 3. The van der Waals surface area contributed by atoms with Crippen molar-refractivity contribution in [2.24, 2.45) is 0 Å². The van der Waals surface area contributed by atoms with E-state index in [9.17, 15) is 0 Å². The molecule has 0 atom stereocenters. The summed E-state index contributed by atoms with van der Waals surface area (Å²) in [6, 6.07) is 0. The highest BCUT2D eigenvalue weighted by molar-refractivity contribution is 9.29. The first-order valence-corrected chi connectivity index (χ1v) is 7.16. The molecule has 12 heavy (non-hydrogen) atoms. The van der Waals surface area contributed by atoms with Crippen LogP contribution in [0.25, 0.3) is 0 Å². The van der Waals surface area contributed by atoms with Crippen LogP contribution in [0, 0.1) is 0 Å². The van der Waals surface area contributed by atoms with Gasteiger partial charge in [0.1, 0.15) is 4.34 Å². The van der Waals surface area contributed by atoms with Crippen LogP contribution in [0.2, 0.25) is 0 Å². The molecule has 1 nitrogen and oxygen atoms in total. The SMILES string of the molecule is BrC(Br)=C(Br)CSc1nccs1. The van der Waals surface area contributed by atoms with Gasteiger partial charge in [0.15, 0.2) is 0 Å². The minimum Gasteiger partial charge on any atom is -0.238 e. The lowest BCUT2D eigenvalue weighted by atomic mass is 10.8. The number of hydrogen-bond donors (Lipinski definition) is 0. The van der Waals surface area contributed by atoms with E-state index >= 15 is 0 Å². The molecular weight excluding hydrogens is 390 g/mol. The molecule has 0 N–H and O–H groups in total. The van der Waals surface area contributed by atoms with Crippen molar-refractivity contribution in [3.8, 4) is 0 Å². The summed E-state index contributed by atoms with van der Waals surface area (Å²) >= 11 is 13.4. The molecule has 0 saturated carbocycles. The lowest BCUT2D eigenvalue weighted by Crippen LogP contribution is -1.77. The van der Waals surface area contributed by atoms with Gasteiger partial charge >= 0.3 is 0 Å². The molecule has 0 fully saturated rings. The van der Waals surface area contributed by atoms with Crippen molar-refractivity contribution in [3.63, 3.8) is 0 Å². The van der Waals surface area contributed by atoms with Crippen LogP contribution >= 0.6 is 70.9 Å². The van der Waals surface area contributed by atoms with Gasteiger partial charge in [0.2, 0.25) is 0 Å². The van der Waals surface area contributed by atoms with Gasteiger partial charge in [0.25, 0.3) is 0 Å². The second-order valence-corrected chi connectivity index (χ2v) is 7.48. The van der Waals surface area contributed by atoms with E-state index in [1.165, 1.54) is 0 Å². The minimum atomic E-state index is 0.888. The van der Waals surface area contributed by atoms with Crippen LogP contribution in [0.4, 0.5) is 0 Å². The van der Waals surface area contributed by atoms with Gasteiger partial charge in [-0.2, -0.15) is 0 Å². The maximum Gasteiger partial charge on any atom is 0.150 e. The van der Waals surface area contributed by atoms with Crippen LogP contribution in [0.15, 0.2) is 23.8 Å². The van der Waals surface area contributed by atoms with E-state index in [0.717, 1.165) is 18.0 Å². The van der Waals surface area contributed by atoms with E-state index < -0.39 is 0 Å². The quantitative estimate of drug-likeness (QED) is 0.696. The first-order chi connectivity index (χ1) is 5.70. The maximum absolute atomic E-state index is 4.15. The summed E-state index contributed by atoms with van der Waals surface area (Å²) in [7, 11) is 0. The summed E-state index contributed by atoms with van der Waals surface area (Å²) in [6.07, 6.45) is 1.81. The van der Waals surface area contributed by atoms with Crippen LogP contribution in [0.3, 0.4) is 0 Å². The van der Waals surface area contributed by atoms with Gasteiger partial charge in [-0.05, 0) is 31.9 Å². The van der Waals surface area contributed by atoms with Gasteiger partial charge < -0.3 is 0 Å². The molecule has 1 aromatic rings. The Morgan fingerprint density at radius 1 is 1.50 bits per heavy atom. The third-order valence-corrected chi connectivity index (χ3v) is 6.00. The van der Waals surface area contributed by atoms with E-state index in [1.807, 2.05) is 11.6 Å². The average Bonchev–Trinajstić information content (AvgIpc) is 2.51. The Hall–Kier alpha value is 1.16. The number of halogens is 3. The number of thioether (sulfide) groups is 1. The second kappa shape index (κ2) is 5.80. The highest BCUT2D eigenvalue weighted by atomic mass is 79.9. The van der Waals surface area contributed by atoms with Crippen molar-refractivity contribution in [1.82, 2.24) is 4.98 Å². The molecule has 1 heterocycles. The maximum atomic E-state index is 4.15. The fourth-order valence-corrected chi connectivity index (χ4v) is 2.96. The van der Waals surface area contributed by atoms with Crippen LogP contribution < -0.4 is 0 Å². The summed E-state index contributed by atoms with van der Waals surface area (Å²) < 4.78 is 3.15. The normalized spacial score (nSPS) is 9.92. The number of nitrogens with zero attached hydrogens (tertiary/aromatic N) is 1. The van der Waals surface area contributed by atoms with Crippen LogP contribution in [0.5, 0.6) is 0 Å². The van der Waals surface area contributed by atoms with Gasteiger partial charge in [-0.1, -0.05) is 27.7 Å². The monoisotopic (exact) mass is 391 g/mol. The average molecular weight is 394 g/mol. The molecule has 66 valence electrons. The Morgan fingerprint density at radius 3 is 2.75 bits per heavy atom.